The Morgan fingerprint density at radius 3 is 2.88 bits per heavy atom. The van der Waals surface area contributed by atoms with Gasteiger partial charge in [0.2, 0.25) is 0 Å². The number of aryl methyl sites for hydroxylation is 1. The van der Waals surface area contributed by atoms with Gasteiger partial charge in [-0.2, -0.15) is 5.10 Å². The van der Waals surface area contributed by atoms with Crippen molar-refractivity contribution in [2.45, 2.75) is 13.5 Å². The van der Waals surface area contributed by atoms with Gasteiger partial charge in [-0.3, -0.25) is 4.68 Å². The Morgan fingerprint density at radius 2 is 2.25 bits per heavy atom. The fraction of sp³-hybridized carbons (Fsp3) is 0.250. The molecule has 2 rings (SSSR count). The van der Waals surface area contributed by atoms with Crippen molar-refractivity contribution < 1.29 is 4.74 Å². The maximum atomic E-state index is 5.08. The minimum Gasteiger partial charge on any atom is -0.493 e. The van der Waals surface area contributed by atoms with E-state index in [1.54, 1.807) is 13.3 Å². The van der Waals surface area contributed by atoms with Crippen molar-refractivity contribution in [1.82, 2.24) is 9.78 Å². The first-order valence-corrected chi connectivity index (χ1v) is 5.80. The van der Waals surface area contributed by atoms with Crippen LogP contribution in [0.3, 0.4) is 0 Å². The first kappa shape index (κ1) is 11.2. The van der Waals surface area contributed by atoms with Crippen molar-refractivity contribution >= 4 is 15.9 Å². The Balaban J connectivity index is 2.17. The summed E-state index contributed by atoms with van der Waals surface area (Å²) in [6.07, 6.45) is 3.60. The normalized spacial score (nSPS) is 10.4. The van der Waals surface area contributed by atoms with Crippen molar-refractivity contribution in [3.05, 3.63) is 46.2 Å². The maximum absolute atomic E-state index is 5.08. The number of hydrogen-bond donors (Lipinski definition) is 0. The van der Waals surface area contributed by atoms with Crippen LogP contribution in [0.4, 0.5) is 0 Å². The lowest BCUT2D eigenvalue weighted by atomic mass is 10.1. The summed E-state index contributed by atoms with van der Waals surface area (Å²) in [4.78, 5) is 0. The second kappa shape index (κ2) is 4.70. The second-order valence-corrected chi connectivity index (χ2v) is 4.52. The molecule has 0 spiro atoms. The lowest BCUT2D eigenvalue weighted by Crippen LogP contribution is -2.00. The molecule has 0 aliphatic heterocycles. The summed E-state index contributed by atoms with van der Waals surface area (Å²) in [7, 11) is 1.64. The summed E-state index contributed by atoms with van der Waals surface area (Å²) in [5, 5.41) is 4.21. The summed E-state index contributed by atoms with van der Waals surface area (Å²) in [6.45, 7) is 2.84. The number of rotatable bonds is 3. The molecule has 0 radical (unpaired) electrons. The molecule has 0 unspecified atom stereocenters. The Morgan fingerprint density at radius 1 is 1.44 bits per heavy atom. The molecule has 1 aromatic heterocycles. The molecule has 0 aliphatic rings. The Kier molecular flexibility index (Phi) is 3.29. The number of halogens is 1. The second-order valence-electron chi connectivity index (χ2n) is 3.66. The quantitative estimate of drug-likeness (QED) is 0.864. The fourth-order valence-corrected chi connectivity index (χ4v) is 1.78. The summed E-state index contributed by atoms with van der Waals surface area (Å²) in [5.41, 5.74) is 2.46. The lowest BCUT2D eigenvalue weighted by Gasteiger charge is -2.04. The first-order valence-electron chi connectivity index (χ1n) is 5.00. The van der Waals surface area contributed by atoms with Gasteiger partial charge in [0.1, 0.15) is 0 Å². The van der Waals surface area contributed by atoms with E-state index in [0.717, 1.165) is 16.8 Å². The molecule has 3 nitrogen and oxygen atoms in total. The molecule has 0 amide bonds. The van der Waals surface area contributed by atoms with E-state index in [4.69, 9.17) is 4.74 Å². The van der Waals surface area contributed by atoms with E-state index in [2.05, 4.69) is 46.2 Å². The Labute approximate surface area is 103 Å². The van der Waals surface area contributed by atoms with Gasteiger partial charge in [-0.05, 0) is 24.1 Å². The van der Waals surface area contributed by atoms with Crippen LogP contribution in [0.2, 0.25) is 0 Å². The van der Waals surface area contributed by atoms with E-state index >= 15 is 0 Å². The van der Waals surface area contributed by atoms with Crippen LogP contribution in [-0.2, 0) is 6.54 Å². The smallest absolute Gasteiger partial charge is 0.156 e. The van der Waals surface area contributed by atoms with Gasteiger partial charge in [-0.15, -0.1) is 0 Å². The van der Waals surface area contributed by atoms with Gasteiger partial charge in [0.05, 0.1) is 26.0 Å². The van der Waals surface area contributed by atoms with E-state index in [-0.39, 0.29) is 0 Å². The van der Waals surface area contributed by atoms with Crippen molar-refractivity contribution in [2.24, 2.45) is 0 Å². The number of ether oxygens (including phenoxy) is 1. The monoisotopic (exact) mass is 280 g/mol. The molecule has 2 aromatic rings. The molecule has 16 heavy (non-hydrogen) atoms. The fourth-order valence-electron chi connectivity index (χ4n) is 1.53. The number of benzene rings is 1. The minimum atomic E-state index is 0.761. The molecule has 0 fully saturated rings. The topological polar surface area (TPSA) is 27.1 Å². The zero-order chi connectivity index (χ0) is 11.5. The van der Waals surface area contributed by atoms with Crippen molar-refractivity contribution in [1.29, 1.82) is 0 Å². The molecule has 0 bridgehead atoms. The molecule has 1 aromatic carbocycles. The van der Waals surface area contributed by atoms with Crippen LogP contribution in [-0.4, -0.2) is 16.9 Å². The Bertz CT molecular complexity index is 494. The standard InChI is InChI=1S/C12H13BrN2O/c1-9-5-10(3-4-12(9)13)7-15-8-11(16-2)6-14-15/h3-6,8H,7H2,1-2H3. The van der Waals surface area contributed by atoms with Crippen molar-refractivity contribution in [3.8, 4) is 5.75 Å². The average molecular weight is 281 g/mol. The van der Waals surface area contributed by atoms with Crippen LogP contribution < -0.4 is 4.74 Å². The zero-order valence-corrected chi connectivity index (χ0v) is 10.9. The molecule has 1 heterocycles. The van der Waals surface area contributed by atoms with Gasteiger partial charge in [-0.1, -0.05) is 28.1 Å². The SMILES string of the molecule is COc1cnn(Cc2ccc(Br)c(C)c2)c1. The van der Waals surface area contributed by atoms with Crippen molar-refractivity contribution in [2.75, 3.05) is 7.11 Å². The largest absolute Gasteiger partial charge is 0.493 e. The maximum Gasteiger partial charge on any atom is 0.156 e. The van der Waals surface area contributed by atoms with E-state index in [0.29, 0.717) is 0 Å². The average Bonchev–Trinajstić information content (AvgIpc) is 2.71. The number of hydrogen-bond acceptors (Lipinski definition) is 2. The van der Waals surface area contributed by atoms with Gasteiger partial charge in [0.15, 0.2) is 5.75 Å². The minimum absolute atomic E-state index is 0.761. The van der Waals surface area contributed by atoms with Crippen LogP contribution >= 0.6 is 15.9 Å². The van der Waals surface area contributed by atoms with Gasteiger partial charge in [0.25, 0.3) is 0 Å². The predicted molar refractivity (Wildman–Crippen MR) is 66.8 cm³/mol. The number of nitrogens with zero attached hydrogens (tertiary/aromatic N) is 2. The van der Waals surface area contributed by atoms with Gasteiger partial charge in [0, 0.05) is 4.47 Å². The third kappa shape index (κ3) is 2.44. The van der Waals surface area contributed by atoms with E-state index in [1.165, 1.54) is 11.1 Å². The number of methoxy groups -OCH3 is 1. The van der Waals surface area contributed by atoms with Crippen LogP contribution in [0.25, 0.3) is 0 Å². The highest BCUT2D eigenvalue weighted by atomic mass is 79.9. The highest BCUT2D eigenvalue weighted by Gasteiger charge is 2.01. The van der Waals surface area contributed by atoms with Crippen LogP contribution in [0, 0.1) is 6.92 Å². The number of aromatic nitrogens is 2. The molecule has 0 N–H and O–H groups in total. The first-order chi connectivity index (χ1) is 7.69. The van der Waals surface area contributed by atoms with E-state index < -0.39 is 0 Å². The molecule has 84 valence electrons. The molecule has 0 atom stereocenters. The highest BCUT2D eigenvalue weighted by molar-refractivity contribution is 9.10. The molecule has 0 saturated carbocycles. The van der Waals surface area contributed by atoms with Crippen molar-refractivity contribution in [3.63, 3.8) is 0 Å². The third-order valence-corrected chi connectivity index (χ3v) is 3.30. The Hall–Kier alpha value is -1.29. The van der Waals surface area contributed by atoms with Crippen LogP contribution in [0.1, 0.15) is 11.1 Å². The zero-order valence-electron chi connectivity index (χ0n) is 9.27. The molecule has 4 heteroatoms. The van der Waals surface area contributed by atoms with Gasteiger partial charge < -0.3 is 4.74 Å². The summed E-state index contributed by atoms with van der Waals surface area (Å²) in [6, 6.07) is 6.30. The molecule has 0 aliphatic carbocycles. The summed E-state index contributed by atoms with van der Waals surface area (Å²) >= 11 is 3.49. The van der Waals surface area contributed by atoms with Gasteiger partial charge >= 0.3 is 0 Å². The summed E-state index contributed by atoms with van der Waals surface area (Å²) < 4.78 is 8.08. The third-order valence-electron chi connectivity index (χ3n) is 2.41. The lowest BCUT2D eigenvalue weighted by molar-refractivity contribution is 0.414. The van der Waals surface area contributed by atoms with Gasteiger partial charge in [-0.25, -0.2) is 0 Å². The molecule has 0 saturated heterocycles. The van der Waals surface area contributed by atoms with E-state index in [9.17, 15) is 0 Å². The van der Waals surface area contributed by atoms with Crippen LogP contribution in [0.5, 0.6) is 5.75 Å². The summed E-state index contributed by atoms with van der Waals surface area (Å²) in [5.74, 6) is 0.786. The van der Waals surface area contributed by atoms with Crippen LogP contribution in [0.15, 0.2) is 35.1 Å². The highest BCUT2D eigenvalue weighted by Crippen LogP contribution is 2.18. The predicted octanol–water partition coefficient (Wildman–Crippen LogP) is 3.01. The van der Waals surface area contributed by atoms with E-state index in [1.807, 2.05) is 10.9 Å². The molecular weight excluding hydrogens is 268 g/mol. The molecular formula is C12H13BrN2O.